The fraction of sp³-hybridized carbons (Fsp3) is 0.517. The first-order valence-electron chi connectivity index (χ1n) is 13.3. The van der Waals surface area contributed by atoms with Crippen LogP contribution < -0.4 is 9.62 Å². The Kier molecular flexibility index (Phi) is 10.1. The van der Waals surface area contributed by atoms with Crippen LogP contribution in [0.3, 0.4) is 0 Å². The topological polar surface area (TPSA) is 86.8 Å². The van der Waals surface area contributed by atoms with E-state index in [9.17, 15) is 18.0 Å². The van der Waals surface area contributed by atoms with Crippen molar-refractivity contribution in [1.82, 2.24) is 10.2 Å². The second-order valence-electron chi connectivity index (χ2n) is 10.1. The summed E-state index contributed by atoms with van der Waals surface area (Å²) >= 11 is 0. The lowest BCUT2D eigenvalue weighted by molar-refractivity contribution is -0.141. The van der Waals surface area contributed by atoms with Gasteiger partial charge in [-0.15, -0.1) is 0 Å². The maximum atomic E-state index is 13.6. The molecule has 1 fully saturated rings. The summed E-state index contributed by atoms with van der Waals surface area (Å²) in [5, 5.41) is 3.17. The van der Waals surface area contributed by atoms with Crippen molar-refractivity contribution in [1.29, 1.82) is 0 Å². The summed E-state index contributed by atoms with van der Waals surface area (Å²) < 4.78 is 26.4. The Hall–Kier alpha value is -2.87. The van der Waals surface area contributed by atoms with Crippen LogP contribution in [-0.4, -0.2) is 50.0 Å². The van der Waals surface area contributed by atoms with Crippen LogP contribution in [0.5, 0.6) is 0 Å². The zero-order valence-electron chi connectivity index (χ0n) is 22.6. The van der Waals surface area contributed by atoms with Crippen molar-refractivity contribution in [3.8, 4) is 0 Å². The van der Waals surface area contributed by atoms with E-state index in [2.05, 4.69) is 5.32 Å². The van der Waals surface area contributed by atoms with Gasteiger partial charge in [0.15, 0.2) is 0 Å². The van der Waals surface area contributed by atoms with Crippen molar-refractivity contribution < 1.29 is 18.0 Å². The molecule has 0 spiro atoms. The van der Waals surface area contributed by atoms with Crippen molar-refractivity contribution in [2.24, 2.45) is 0 Å². The molecule has 1 aliphatic rings. The van der Waals surface area contributed by atoms with E-state index < -0.39 is 16.1 Å². The fourth-order valence-corrected chi connectivity index (χ4v) is 6.00. The summed E-state index contributed by atoms with van der Waals surface area (Å²) in [7, 11) is -3.51. The van der Waals surface area contributed by atoms with E-state index in [0.29, 0.717) is 25.1 Å². The molecule has 202 valence electrons. The minimum absolute atomic E-state index is 0.103. The Balaban J connectivity index is 1.76. The number of hydrogen-bond acceptors (Lipinski definition) is 4. The van der Waals surface area contributed by atoms with E-state index in [0.717, 1.165) is 42.4 Å². The predicted octanol–water partition coefficient (Wildman–Crippen LogP) is 4.72. The number of anilines is 1. The van der Waals surface area contributed by atoms with Crippen LogP contribution in [0.1, 0.15) is 68.6 Å². The number of nitrogens with zero attached hydrogens (tertiary/aromatic N) is 2. The standard InChI is InChI=1S/C29H41N3O4S/c1-5-27(29(34)30-25-15-8-9-16-25)31(21-24-14-7-6-13-23(24)3)28(33)18-11-19-32(37(4,35)36)26-17-10-12-22(2)20-26/h6-7,10,12-14,17,20,25,27H,5,8-9,11,15-16,18-19,21H2,1-4H3,(H,30,34). The lowest BCUT2D eigenvalue weighted by Gasteiger charge is -2.32. The summed E-state index contributed by atoms with van der Waals surface area (Å²) in [5.74, 6) is -0.247. The van der Waals surface area contributed by atoms with Gasteiger partial charge in [0, 0.05) is 25.6 Å². The number of benzene rings is 2. The van der Waals surface area contributed by atoms with Crippen LogP contribution >= 0.6 is 0 Å². The molecular formula is C29H41N3O4S. The van der Waals surface area contributed by atoms with Crippen molar-refractivity contribution in [2.45, 2.75) is 84.3 Å². The zero-order chi connectivity index (χ0) is 27.0. The maximum absolute atomic E-state index is 13.6. The van der Waals surface area contributed by atoms with Gasteiger partial charge in [-0.3, -0.25) is 13.9 Å². The van der Waals surface area contributed by atoms with E-state index in [1.54, 1.807) is 11.0 Å². The SMILES string of the molecule is CCC(C(=O)NC1CCCC1)N(Cc1ccccc1C)C(=O)CCCN(c1cccc(C)c1)S(C)(=O)=O. The van der Waals surface area contributed by atoms with Gasteiger partial charge in [0.1, 0.15) is 6.04 Å². The number of carbonyl (C=O) groups excluding carboxylic acids is 2. The van der Waals surface area contributed by atoms with Crippen LogP contribution in [0.4, 0.5) is 5.69 Å². The summed E-state index contributed by atoms with van der Waals surface area (Å²) in [6, 6.07) is 14.8. The van der Waals surface area contributed by atoms with Gasteiger partial charge in [-0.1, -0.05) is 56.2 Å². The molecule has 0 radical (unpaired) electrons. The van der Waals surface area contributed by atoms with Crippen LogP contribution in [0.2, 0.25) is 0 Å². The number of rotatable bonds is 12. The minimum Gasteiger partial charge on any atom is -0.352 e. The van der Waals surface area contributed by atoms with E-state index >= 15 is 0 Å². The molecule has 2 aromatic rings. The fourth-order valence-electron chi connectivity index (χ4n) is 5.05. The highest BCUT2D eigenvalue weighted by atomic mass is 32.2. The average molecular weight is 528 g/mol. The van der Waals surface area contributed by atoms with Crippen LogP contribution in [0.15, 0.2) is 48.5 Å². The Morgan fingerprint density at radius 2 is 1.76 bits per heavy atom. The molecule has 0 bridgehead atoms. The quantitative estimate of drug-likeness (QED) is 0.433. The summed E-state index contributed by atoms with van der Waals surface area (Å²) in [6.07, 6.45) is 6.39. The first-order valence-corrected chi connectivity index (χ1v) is 15.1. The molecule has 0 aromatic heterocycles. The molecule has 1 atom stereocenters. The van der Waals surface area contributed by atoms with E-state index in [1.807, 2.05) is 63.2 Å². The van der Waals surface area contributed by atoms with Gasteiger partial charge in [0.25, 0.3) is 0 Å². The maximum Gasteiger partial charge on any atom is 0.243 e. The molecule has 7 nitrogen and oxygen atoms in total. The van der Waals surface area contributed by atoms with Gasteiger partial charge in [-0.05, 0) is 68.4 Å². The largest absolute Gasteiger partial charge is 0.352 e. The molecule has 0 saturated heterocycles. The predicted molar refractivity (Wildman–Crippen MR) is 149 cm³/mol. The lowest BCUT2D eigenvalue weighted by Crippen LogP contribution is -2.51. The number of amides is 2. The number of aryl methyl sites for hydroxylation is 2. The van der Waals surface area contributed by atoms with Gasteiger partial charge in [-0.25, -0.2) is 8.42 Å². The van der Waals surface area contributed by atoms with Gasteiger partial charge >= 0.3 is 0 Å². The monoisotopic (exact) mass is 527 g/mol. The number of carbonyl (C=O) groups is 2. The number of nitrogens with one attached hydrogen (secondary N) is 1. The third-order valence-corrected chi connectivity index (χ3v) is 8.33. The number of hydrogen-bond donors (Lipinski definition) is 1. The molecule has 37 heavy (non-hydrogen) atoms. The van der Waals surface area contributed by atoms with Crippen LogP contribution in [0.25, 0.3) is 0 Å². The van der Waals surface area contributed by atoms with Gasteiger partial charge < -0.3 is 10.2 Å². The molecule has 2 aromatic carbocycles. The highest BCUT2D eigenvalue weighted by Gasteiger charge is 2.31. The normalized spacial score (nSPS) is 14.8. The first-order chi connectivity index (χ1) is 17.6. The molecule has 3 rings (SSSR count). The Morgan fingerprint density at radius 3 is 2.38 bits per heavy atom. The number of sulfonamides is 1. The second-order valence-corrected chi connectivity index (χ2v) is 12.0. The molecular weight excluding hydrogens is 486 g/mol. The van der Waals surface area contributed by atoms with Crippen LogP contribution in [-0.2, 0) is 26.2 Å². The Morgan fingerprint density at radius 1 is 1.05 bits per heavy atom. The third kappa shape index (κ3) is 8.06. The highest BCUT2D eigenvalue weighted by Crippen LogP contribution is 2.22. The van der Waals surface area contributed by atoms with Crippen molar-refractivity contribution in [2.75, 3.05) is 17.1 Å². The molecule has 1 N–H and O–H groups in total. The van der Waals surface area contributed by atoms with E-state index in [1.165, 1.54) is 10.6 Å². The van der Waals surface area contributed by atoms with Crippen molar-refractivity contribution in [3.63, 3.8) is 0 Å². The molecule has 1 saturated carbocycles. The second kappa shape index (κ2) is 13.1. The van der Waals surface area contributed by atoms with Crippen LogP contribution in [0, 0.1) is 13.8 Å². The molecule has 1 unspecified atom stereocenters. The smallest absolute Gasteiger partial charge is 0.243 e. The van der Waals surface area contributed by atoms with Gasteiger partial charge in [-0.2, -0.15) is 0 Å². The summed E-state index contributed by atoms with van der Waals surface area (Å²) in [6.45, 7) is 6.38. The van der Waals surface area contributed by atoms with Gasteiger partial charge in [0.05, 0.1) is 11.9 Å². The molecule has 2 amide bonds. The summed E-state index contributed by atoms with van der Waals surface area (Å²) in [4.78, 5) is 28.6. The first kappa shape index (κ1) is 28.7. The minimum atomic E-state index is -3.51. The molecule has 0 aliphatic heterocycles. The summed E-state index contributed by atoms with van der Waals surface area (Å²) in [5.41, 5.74) is 3.62. The average Bonchev–Trinajstić information content (AvgIpc) is 3.35. The van der Waals surface area contributed by atoms with Gasteiger partial charge in [0.2, 0.25) is 21.8 Å². The third-order valence-electron chi connectivity index (χ3n) is 7.13. The van der Waals surface area contributed by atoms with Crippen molar-refractivity contribution >= 4 is 27.5 Å². The van der Waals surface area contributed by atoms with E-state index in [-0.39, 0.29) is 30.8 Å². The zero-order valence-corrected chi connectivity index (χ0v) is 23.4. The Bertz CT molecular complexity index is 1180. The van der Waals surface area contributed by atoms with Crippen molar-refractivity contribution in [3.05, 3.63) is 65.2 Å². The highest BCUT2D eigenvalue weighted by molar-refractivity contribution is 7.92. The molecule has 1 aliphatic carbocycles. The van der Waals surface area contributed by atoms with E-state index in [4.69, 9.17) is 0 Å². The molecule has 8 heteroatoms. The molecule has 0 heterocycles. The lowest BCUT2D eigenvalue weighted by atomic mass is 10.0. The Labute approximate surface area is 222 Å².